The van der Waals surface area contributed by atoms with E-state index in [1.165, 1.54) is 0 Å². The maximum Gasteiger partial charge on any atom is 0.229 e. The summed E-state index contributed by atoms with van der Waals surface area (Å²) < 4.78 is 10.7. The standard InChI is InChI=1S/C17H29N3O3.ClH/c1-4-13(5-2)15-10-14(23-20-15)11-19-16(21)17(12-22-3)6-8-18-9-7-17;/h10,13,18H,4-9,11-12H2,1-3H3,(H,19,21);1H. The minimum atomic E-state index is -0.432. The van der Waals surface area contributed by atoms with Crippen LogP contribution < -0.4 is 10.6 Å². The number of methoxy groups -OCH3 is 1. The molecular weight excluding hydrogens is 330 g/mol. The SMILES string of the molecule is CCC(CC)c1cc(CNC(=O)C2(COC)CCNCC2)on1.Cl. The van der Waals surface area contributed by atoms with Gasteiger partial charge in [0.1, 0.15) is 0 Å². The first-order valence-electron chi connectivity index (χ1n) is 8.58. The molecule has 0 atom stereocenters. The number of carbonyl (C=O) groups excluding carboxylic acids is 1. The lowest BCUT2D eigenvalue weighted by atomic mass is 9.78. The molecule has 0 aliphatic carbocycles. The third-order valence-corrected chi connectivity index (χ3v) is 4.87. The summed E-state index contributed by atoms with van der Waals surface area (Å²) >= 11 is 0. The second-order valence-corrected chi connectivity index (χ2v) is 6.38. The Balaban J connectivity index is 0.00000288. The average molecular weight is 360 g/mol. The highest BCUT2D eigenvalue weighted by Gasteiger charge is 2.39. The molecule has 138 valence electrons. The number of hydrogen-bond acceptors (Lipinski definition) is 5. The van der Waals surface area contributed by atoms with E-state index in [2.05, 4.69) is 29.6 Å². The normalized spacial score (nSPS) is 16.7. The summed E-state index contributed by atoms with van der Waals surface area (Å²) in [5.74, 6) is 1.18. The van der Waals surface area contributed by atoms with Crippen LogP contribution in [0.25, 0.3) is 0 Å². The highest BCUT2D eigenvalue weighted by molar-refractivity contribution is 5.85. The molecule has 0 spiro atoms. The van der Waals surface area contributed by atoms with Gasteiger partial charge in [-0.15, -0.1) is 12.4 Å². The fraction of sp³-hybridized carbons (Fsp3) is 0.765. The van der Waals surface area contributed by atoms with Crippen molar-refractivity contribution in [2.24, 2.45) is 5.41 Å². The predicted octanol–water partition coefficient (Wildman–Crippen LogP) is 2.63. The molecule has 1 fully saturated rings. The first-order valence-corrected chi connectivity index (χ1v) is 8.58. The van der Waals surface area contributed by atoms with Gasteiger partial charge in [-0.3, -0.25) is 4.79 Å². The fourth-order valence-corrected chi connectivity index (χ4v) is 3.29. The van der Waals surface area contributed by atoms with Crippen LogP contribution in [0.1, 0.15) is 56.9 Å². The zero-order valence-corrected chi connectivity index (χ0v) is 15.7. The van der Waals surface area contributed by atoms with Gasteiger partial charge in [-0.2, -0.15) is 0 Å². The van der Waals surface area contributed by atoms with Gasteiger partial charge in [0.15, 0.2) is 5.76 Å². The summed E-state index contributed by atoms with van der Waals surface area (Å²) in [6.07, 6.45) is 3.67. The van der Waals surface area contributed by atoms with Crippen molar-refractivity contribution in [1.82, 2.24) is 15.8 Å². The van der Waals surface area contributed by atoms with Crippen LogP contribution in [0, 0.1) is 5.41 Å². The third kappa shape index (κ3) is 4.94. The number of piperidine rings is 1. The molecule has 0 bridgehead atoms. The van der Waals surface area contributed by atoms with Crippen molar-refractivity contribution in [1.29, 1.82) is 0 Å². The Morgan fingerprint density at radius 1 is 1.42 bits per heavy atom. The summed E-state index contributed by atoms with van der Waals surface area (Å²) in [5, 5.41) is 10.4. The van der Waals surface area contributed by atoms with E-state index in [4.69, 9.17) is 9.26 Å². The quantitative estimate of drug-likeness (QED) is 0.746. The predicted molar refractivity (Wildman–Crippen MR) is 95.3 cm³/mol. The molecule has 0 radical (unpaired) electrons. The molecule has 6 nitrogen and oxygen atoms in total. The molecule has 1 aromatic rings. The number of ether oxygens (including phenoxy) is 1. The van der Waals surface area contributed by atoms with Crippen molar-refractivity contribution in [2.75, 3.05) is 26.8 Å². The average Bonchev–Trinajstić information content (AvgIpc) is 3.04. The molecule has 2 heterocycles. The minimum Gasteiger partial charge on any atom is -0.384 e. The number of amides is 1. The van der Waals surface area contributed by atoms with Crippen molar-refractivity contribution < 1.29 is 14.1 Å². The zero-order valence-electron chi connectivity index (χ0n) is 14.9. The minimum absolute atomic E-state index is 0. The summed E-state index contributed by atoms with van der Waals surface area (Å²) in [6.45, 7) is 6.82. The number of aromatic nitrogens is 1. The number of carbonyl (C=O) groups is 1. The van der Waals surface area contributed by atoms with Gasteiger partial charge < -0.3 is 19.9 Å². The van der Waals surface area contributed by atoms with Gasteiger partial charge in [-0.05, 0) is 38.8 Å². The van der Waals surface area contributed by atoms with Crippen LogP contribution in [0.3, 0.4) is 0 Å². The molecule has 2 rings (SSSR count). The van der Waals surface area contributed by atoms with Crippen LogP contribution in [-0.4, -0.2) is 37.9 Å². The smallest absolute Gasteiger partial charge is 0.229 e. The van der Waals surface area contributed by atoms with E-state index in [0.717, 1.165) is 44.5 Å². The first-order chi connectivity index (χ1) is 11.1. The van der Waals surface area contributed by atoms with Gasteiger partial charge in [-0.1, -0.05) is 19.0 Å². The largest absolute Gasteiger partial charge is 0.384 e. The van der Waals surface area contributed by atoms with Crippen LogP contribution in [0.15, 0.2) is 10.6 Å². The van der Waals surface area contributed by atoms with Crippen molar-refractivity contribution in [3.05, 3.63) is 17.5 Å². The third-order valence-electron chi connectivity index (χ3n) is 4.87. The molecule has 2 N–H and O–H groups in total. The molecule has 0 saturated carbocycles. The topological polar surface area (TPSA) is 76.4 Å². The molecule has 1 amide bonds. The van der Waals surface area contributed by atoms with Crippen LogP contribution in [-0.2, 0) is 16.1 Å². The maximum atomic E-state index is 12.7. The highest BCUT2D eigenvalue weighted by Crippen LogP contribution is 2.29. The molecule has 1 aliphatic heterocycles. The molecule has 1 aromatic heterocycles. The Hall–Kier alpha value is -1.11. The molecular formula is C17H30ClN3O3. The second-order valence-electron chi connectivity index (χ2n) is 6.38. The highest BCUT2D eigenvalue weighted by atomic mass is 35.5. The lowest BCUT2D eigenvalue weighted by molar-refractivity contribution is -0.136. The maximum absolute atomic E-state index is 12.7. The van der Waals surface area contributed by atoms with Crippen LogP contribution >= 0.6 is 12.4 Å². The Labute approximate surface area is 150 Å². The Morgan fingerprint density at radius 3 is 2.67 bits per heavy atom. The summed E-state index contributed by atoms with van der Waals surface area (Å²) in [5.41, 5.74) is 0.547. The number of rotatable bonds is 8. The second kappa shape index (κ2) is 10.0. The number of halogens is 1. The van der Waals surface area contributed by atoms with E-state index in [1.54, 1.807) is 7.11 Å². The van der Waals surface area contributed by atoms with Crippen molar-refractivity contribution in [3.63, 3.8) is 0 Å². The van der Waals surface area contributed by atoms with Gasteiger partial charge in [-0.25, -0.2) is 0 Å². The lowest BCUT2D eigenvalue weighted by Gasteiger charge is -2.35. The molecule has 0 aromatic carbocycles. The van der Waals surface area contributed by atoms with Gasteiger partial charge in [0.05, 0.1) is 24.3 Å². The monoisotopic (exact) mass is 359 g/mol. The van der Waals surface area contributed by atoms with E-state index >= 15 is 0 Å². The molecule has 7 heteroatoms. The van der Waals surface area contributed by atoms with Gasteiger partial charge in [0.25, 0.3) is 0 Å². The number of nitrogens with zero attached hydrogens (tertiary/aromatic N) is 1. The molecule has 1 aliphatic rings. The van der Waals surface area contributed by atoms with E-state index < -0.39 is 5.41 Å². The zero-order chi connectivity index (χ0) is 16.7. The summed E-state index contributed by atoms with van der Waals surface area (Å²) in [6, 6.07) is 1.96. The summed E-state index contributed by atoms with van der Waals surface area (Å²) in [4.78, 5) is 12.7. The van der Waals surface area contributed by atoms with Gasteiger partial charge in [0.2, 0.25) is 5.91 Å². The number of hydrogen-bond donors (Lipinski definition) is 2. The Bertz CT molecular complexity index is 492. The van der Waals surface area contributed by atoms with Gasteiger partial charge in [0, 0.05) is 19.1 Å². The Kier molecular flexibility index (Phi) is 8.73. The number of nitrogens with one attached hydrogen (secondary N) is 2. The van der Waals surface area contributed by atoms with E-state index in [-0.39, 0.29) is 18.3 Å². The fourth-order valence-electron chi connectivity index (χ4n) is 3.29. The van der Waals surface area contributed by atoms with Crippen molar-refractivity contribution in [3.8, 4) is 0 Å². The van der Waals surface area contributed by atoms with E-state index in [9.17, 15) is 4.79 Å². The lowest BCUT2D eigenvalue weighted by Crippen LogP contribution is -2.49. The summed E-state index contributed by atoms with van der Waals surface area (Å²) in [7, 11) is 1.65. The van der Waals surface area contributed by atoms with Crippen LogP contribution in [0.5, 0.6) is 0 Å². The van der Waals surface area contributed by atoms with Gasteiger partial charge >= 0.3 is 0 Å². The Morgan fingerprint density at radius 2 is 2.08 bits per heavy atom. The van der Waals surface area contributed by atoms with Crippen molar-refractivity contribution >= 4 is 18.3 Å². The molecule has 24 heavy (non-hydrogen) atoms. The van der Waals surface area contributed by atoms with Crippen molar-refractivity contribution in [2.45, 2.75) is 52.0 Å². The van der Waals surface area contributed by atoms with Crippen LogP contribution in [0.2, 0.25) is 0 Å². The van der Waals surface area contributed by atoms with E-state index in [0.29, 0.717) is 24.8 Å². The first kappa shape index (κ1) is 20.9. The molecule has 1 saturated heterocycles. The molecule has 0 unspecified atom stereocenters. The van der Waals surface area contributed by atoms with Crippen LogP contribution in [0.4, 0.5) is 0 Å². The van der Waals surface area contributed by atoms with E-state index in [1.807, 2.05) is 6.07 Å².